The molecule has 160 valence electrons. The summed E-state index contributed by atoms with van der Waals surface area (Å²) >= 11 is 0. The van der Waals surface area contributed by atoms with Gasteiger partial charge in [0.05, 0.1) is 29.7 Å². The van der Waals surface area contributed by atoms with Crippen LogP contribution < -0.4 is 10.5 Å². The monoisotopic (exact) mass is 409 g/mol. The molecule has 4 rings (SSSR count). The first-order valence-corrected chi connectivity index (χ1v) is 11.1. The number of H-pyrrole nitrogens is 1. The quantitative estimate of drug-likeness (QED) is 0.678. The molecule has 1 aliphatic heterocycles. The standard InChI is InChI=1S/C23H32N6O/c1-6-23(4,5)29-21(25-26-27-29)20(28-12-10-15(2)11-13-28)18-14-17-9-7-8-16(3)19(17)24-22(18)30/h7-9,14-15,20H,6,10-13H2,1-5H3,(H,24,30)/p+1/t20-/m0/s1. The van der Waals surface area contributed by atoms with Gasteiger partial charge in [-0.05, 0) is 73.4 Å². The van der Waals surface area contributed by atoms with Crippen molar-refractivity contribution < 1.29 is 4.90 Å². The van der Waals surface area contributed by atoms with Crippen LogP contribution in [0.15, 0.2) is 29.1 Å². The number of aromatic amines is 1. The predicted octanol–water partition coefficient (Wildman–Crippen LogP) is 2.37. The summed E-state index contributed by atoms with van der Waals surface area (Å²) in [6, 6.07) is 7.98. The molecule has 0 bridgehead atoms. The summed E-state index contributed by atoms with van der Waals surface area (Å²) in [4.78, 5) is 17.8. The highest BCUT2D eigenvalue weighted by Gasteiger charge is 2.38. The van der Waals surface area contributed by atoms with Crippen molar-refractivity contribution in [1.29, 1.82) is 0 Å². The van der Waals surface area contributed by atoms with Crippen molar-refractivity contribution in [3.63, 3.8) is 0 Å². The number of nitrogens with one attached hydrogen (secondary N) is 2. The molecule has 1 aromatic carbocycles. The molecule has 7 heteroatoms. The second-order valence-electron chi connectivity index (χ2n) is 9.48. The van der Waals surface area contributed by atoms with Crippen LogP contribution in [0.25, 0.3) is 10.9 Å². The van der Waals surface area contributed by atoms with Crippen LogP contribution in [0, 0.1) is 12.8 Å². The van der Waals surface area contributed by atoms with Crippen molar-refractivity contribution in [2.75, 3.05) is 13.1 Å². The Labute approximate surface area is 177 Å². The van der Waals surface area contributed by atoms with Crippen LogP contribution in [0.3, 0.4) is 0 Å². The Balaban J connectivity index is 1.90. The molecule has 1 aliphatic rings. The van der Waals surface area contributed by atoms with Gasteiger partial charge < -0.3 is 9.88 Å². The van der Waals surface area contributed by atoms with E-state index in [1.165, 1.54) is 4.90 Å². The zero-order valence-electron chi connectivity index (χ0n) is 18.7. The Morgan fingerprint density at radius 1 is 1.30 bits per heavy atom. The van der Waals surface area contributed by atoms with Gasteiger partial charge in [0.15, 0.2) is 6.04 Å². The van der Waals surface area contributed by atoms with E-state index in [4.69, 9.17) is 0 Å². The summed E-state index contributed by atoms with van der Waals surface area (Å²) in [5.41, 5.74) is 2.46. The molecule has 1 saturated heterocycles. The highest BCUT2D eigenvalue weighted by atomic mass is 16.1. The summed E-state index contributed by atoms with van der Waals surface area (Å²) in [6.45, 7) is 12.8. The normalized spacial score (nSPS) is 21.1. The smallest absolute Gasteiger partial charge is 0.258 e. The zero-order valence-corrected chi connectivity index (χ0v) is 18.7. The number of likely N-dealkylation sites (tertiary alicyclic amines) is 1. The third kappa shape index (κ3) is 3.67. The summed E-state index contributed by atoms with van der Waals surface area (Å²) in [5.74, 6) is 1.50. The second kappa shape index (κ2) is 7.95. The minimum Gasteiger partial charge on any atom is -0.322 e. The Bertz CT molecular complexity index is 1090. The molecule has 1 fully saturated rings. The van der Waals surface area contributed by atoms with Gasteiger partial charge in [0, 0.05) is 0 Å². The fraction of sp³-hybridized carbons (Fsp3) is 0.565. The molecule has 7 nitrogen and oxygen atoms in total. The summed E-state index contributed by atoms with van der Waals surface area (Å²) in [7, 11) is 0. The lowest BCUT2D eigenvalue weighted by Crippen LogP contribution is -3.13. The molecular weight excluding hydrogens is 376 g/mol. The van der Waals surface area contributed by atoms with Crippen LogP contribution in [0.5, 0.6) is 0 Å². The SMILES string of the molecule is CCC(C)(C)n1nnnc1[C@H](c1cc2cccc(C)c2[nH]c1=O)[NH+]1CCC(C)CC1. The topological polar surface area (TPSA) is 80.9 Å². The van der Waals surface area contributed by atoms with Crippen LogP contribution in [0.4, 0.5) is 0 Å². The molecule has 2 N–H and O–H groups in total. The lowest BCUT2D eigenvalue weighted by Gasteiger charge is -2.34. The maximum atomic E-state index is 13.3. The molecule has 3 aromatic rings. The minimum absolute atomic E-state index is 0.0447. The number of quaternary nitrogens is 1. The molecule has 30 heavy (non-hydrogen) atoms. The number of hydrogen-bond acceptors (Lipinski definition) is 4. The lowest BCUT2D eigenvalue weighted by atomic mass is 9.94. The summed E-state index contributed by atoms with van der Waals surface area (Å²) in [5, 5.41) is 13.9. The number of hydrogen-bond donors (Lipinski definition) is 2. The predicted molar refractivity (Wildman–Crippen MR) is 118 cm³/mol. The first kappa shape index (κ1) is 20.7. The average molecular weight is 410 g/mol. The van der Waals surface area contributed by atoms with Gasteiger partial charge in [0.2, 0.25) is 5.82 Å². The number of piperidine rings is 1. The molecule has 0 amide bonds. The van der Waals surface area contributed by atoms with Crippen LogP contribution >= 0.6 is 0 Å². The van der Waals surface area contributed by atoms with E-state index in [-0.39, 0.29) is 17.1 Å². The van der Waals surface area contributed by atoms with E-state index in [0.717, 1.165) is 66.1 Å². The van der Waals surface area contributed by atoms with Crippen molar-refractivity contribution >= 4 is 10.9 Å². The van der Waals surface area contributed by atoms with Gasteiger partial charge in [-0.25, -0.2) is 4.68 Å². The number of rotatable bonds is 5. The van der Waals surface area contributed by atoms with Crippen molar-refractivity contribution in [1.82, 2.24) is 25.2 Å². The maximum Gasteiger partial charge on any atom is 0.258 e. The minimum atomic E-state index is -0.222. The van der Waals surface area contributed by atoms with E-state index in [1.807, 2.05) is 23.7 Å². The van der Waals surface area contributed by atoms with Gasteiger partial charge in [-0.15, -0.1) is 5.10 Å². The number of pyridine rings is 1. The Morgan fingerprint density at radius 2 is 2.03 bits per heavy atom. The van der Waals surface area contributed by atoms with Crippen molar-refractivity contribution in [3.8, 4) is 0 Å². The number of benzene rings is 1. The molecular formula is C23H33N6O+. The first-order chi connectivity index (χ1) is 14.3. The molecule has 0 radical (unpaired) electrons. The van der Waals surface area contributed by atoms with Crippen LogP contribution in [0.1, 0.15) is 70.0 Å². The van der Waals surface area contributed by atoms with Crippen molar-refractivity contribution in [2.24, 2.45) is 5.92 Å². The molecule has 0 spiro atoms. The van der Waals surface area contributed by atoms with E-state index in [1.54, 1.807) is 0 Å². The molecule has 0 aliphatic carbocycles. The van der Waals surface area contributed by atoms with Gasteiger partial charge in [-0.1, -0.05) is 32.0 Å². The highest BCUT2D eigenvalue weighted by Crippen LogP contribution is 2.26. The van der Waals surface area contributed by atoms with Gasteiger partial charge in [-0.3, -0.25) is 4.79 Å². The summed E-state index contributed by atoms with van der Waals surface area (Å²) < 4.78 is 1.93. The number of para-hydroxylation sites is 1. The van der Waals surface area contributed by atoms with Crippen LogP contribution in [0.2, 0.25) is 0 Å². The van der Waals surface area contributed by atoms with Gasteiger partial charge in [0.25, 0.3) is 5.56 Å². The van der Waals surface area contributed by atoms with E-state index < -0.39 is 0 Å². The van der Waals surface area contributed by atoms with Crippen LogP contribution in [-0.4, -0.2) is 38.3 Å². The Morgan fingerprint density at radius 3 is 2.73 bits per heavy atom. The van der Waals surface area contributed by atoms with Gasteiger partial charge >= 0.3 is 0 Å². The molecule has 2 aromatic heterocycles. The number of nitrogens with zero attached hydrogens (tertiary/aromatic N) is 4. The molecule has 3 heterocycles. The van der Waals surface area contributed by atoms with E-state index >= 15 is 0 Å². The average Bonchev–Trinajstić information content (AvgIpc) is 3.21. The maximum absolute atomic E-state index is 13.3. The summed E-state index contributed by atoms with van der Waals surface area (Å²) in [6.07, 6.45) is 3.20. The Hall–Kier alpha value is -2.54. The third-order valence-corrected chi connectivity index (χ3v) is 6.94. The first-order valence-electron chi connectivity index (χ1n) is 11.1. The molecule has 1 atom stereocenters. The number of fused-ring (bicyclic) bond motifs is 1. The van der Waals surface area contributed by atoms with Crippen LogP contribution in [-0.2, 0) is 5.54 Å². The second-order valence-corrected chi connectivity index (χ2v) is 9.48. The van der Waals surface area contributed by atoms with Crippen molar-refractivity contribution in [3.05, 3.63) is 51.6 Å². The van der Waals surface area contributed by atoms with Gasteiger partial charge in [-0.2, -0.15) is 0 Å². The lowest BCUT2D eigenvalue weighted by molar-refractivity contribution is -0.932. The Kier molecular flexibility index (Phi) is 5.49. The number of aryl methyl sites for hydroxylation is 1. The molecule has 0 saturated carbocycles. The third-order valence-electron chi connectivity index (χ3n) is 6.94. The fourth-order valence-electron chi connectivity index (χ4n) is 4.53. The van der Waals surface area contributed by atoms with E-state index in [0.29, 0.717) is 0 Å². The largest absolute Gasteiger partial charge is 0.322 e. The number of tetrazole rings is 1. The van der Waals surface area contributed by atoms with E-state index in [2.05, 4.69) is 60.3 Å². The van der Waals surface area contributed by atoms with E-state index in [9.17, 15) is 4.79 Å². The molecule has 0 unspecified atom stereocenters. The number of aromatic nitrogens is 5. The van der Waals surface area contributed by atoms with Gasteiger partial charge in [0.1, 0.15) is 0 Å². The fourth-order valence-corrected chi connectivity index (χ4v) is 4.53. The zero-order chi connectivity index (χ0) is 21.5. The highest BCUT2D eigenvalue weighted by molar-refractivity contribution is 5.82. The van der Waals surface area contributed by atoms with Crippen molar-refractivity contribution in [2.45, 2.75) is 65.5 Å².